The van der Waals surface area contributed by atoms with Crippen LogP contribution < -0.4 is 5.73 Å². The van der Waals surface area contributed by atoms with Crippen LogP contribution in [0, 0.1) is 18.3 Å². The highest BCUT2D eigenvalue weighted by atomic mass is 16.6. The molecule has 0 radical (unpaired) electrons. The number of ether oxygens (including phenoxy) is 4. The summed E-state index contributed by atoms with van der Waals surface area (Å²) in [6, 6.07) is 0. The van der Waals surface area contributed by atoms with E-state index in [2.05, 4.69) is 10.8 Å². The lowest BCUT2D eigenvalue weighted by atomic mass is 10.1. The number of terminal acetylenes is 1. The van der Waals surface area contributed by atoms with E-state index in [0.29, 0.717) is 78.8 Å². The van der Waals surface area contributed by atoms with Gasteiger partial charge in [-0.1, -0.05) is 12.8 Å². The Morgan fingerprint density at radius 2 is 1.47 bits per heavy atom. The number of piperazine rings is 1. The van der Waals surface area contributed by atoms with Crippen molar-refractivity contribution in [3.63, 3.8) is 0 Å². The second-order valence-electron chi connectivity index (χ2n) is 7.30. The van der Waals surface area contributed by atoms with Gasteiger partial charge in [-0.05, 0) is 5.92 Å². The third-order valence-electron chi connectivity index (χ3n) is 4.61. The molecular formula is C21H37N3O6. The van der Waals surface area contributed by atoms with Crippen LogP contribution in [-0.4, -0.2) is 107 Å². The van der Waals surface area contributed by atoms with Crippen molar-refractivity contribution in [1.82, 2.24) is 9.80 Å². The molecule has 9 heteroatoms. The van der Waals surface area contributed by atoms with Crippen molar-refractivity contribution in [3.8, 4) is 12.3 Å². The molecule has 0 bridgehead atoms. The molecule has 0 aromatic rings. The molecule has 30 heavy (non-hydrogen) atoms. The number of carbonyl (C=O) groups excluding carboxylic acids is 2. The van der Waals surface area contributed by atoms with Gasteiger partial charge in [0.05, 0.1) is 52.7 Å². The third-order valence-corrected chi connectivity index (χ3v) is 4.61. The monoisotopic (exact) mass is 427 g/mol. The van der Waals surface area contributed by atoms with Gasteiger partial charge in [-0.15, -0.1) is 6.42 Å². The minimum Gasteiger partial charge on any atom is -0.379 e. The summed E-state index contributed by atoms with van der Waals surface area (Å²) in [6.45, 7) is 9.46. The SMILES string of the molecule is C#CCOCCOCCOCCOCCC(=O)N1CCN(CC(C)CC(N)=O)CC1. The molecule has 2 N–H and O–H groups in total. The molecule has 2 amide bonds. The van der Waals surface area contributed by atoms with Crippen LogP contribution in [0.3, 0.4) is 0 Å². The van der Waals surface area contributed by atoms with Crippen LogP contribution in [0.15, 0.2) is 0 Å². The van der Waals surface area contributed by atoms with Crippen LogP contribution in [0.2, 0.25) is 0 Å². The van der Waals surface area contributed by atoms with Gasteiger partial charge in [-0.2, -0.15) is 0 Å². The Morgan fingerprint density at radius 1 is 0.933 bits per heavy atom. The molecule has 1 aliphatic heterocycles. The summed E-state index contributed by atoms with van der Waals surface area (Å²) < 4.78 is 21.3. The molecule has 9 nitrogen and oxygen atoms in total. The van der Waals surface area contributed by atoms with Gasteiger partial charge in [-0.3, -0.25) is 14.5 Å². The van der Waals surface area contributed by atoms with Crippen molar-refractivity contribution in [2.45, 2.75) is 19.8 Å². The predicted octanol–water partition coefficient (Wildman–Crippen LogP) is -0.268. The number of hydrogen-bond donors (Lipinski definition) is 1. The topological polar surface area (TPSA) is 104 Å². The van der Waals surface area contributed by atoms with Crippen LogP contribution in [-0.2, 0) is 28.5 Å². The molecule has 1 fully saturated rings. The minimum atomic E-state index is -0.267. The maximum absolute atomic E-state index is 12.3. The van der Waals surface area contributed by atoms with Crippen molar-refractivity contribution in [2.75, 3.05) is 85.6 Å². The Kier molecular flexibility index (Phi) is 14.9. The number of hydrogen-bond acceptors (Lipinski definition) is 7. The number of amides is 2. The van der Waals surface area contributed by atoms with E-state index in [-0.39, 0.29) is 17.7 Å². The highest BCUT2D eigenvalue weighted by Crippen LogP contribution is 2.09. The molecular weight excluding hydrogens is 390 g/mol. The Hall–Kier alpha value is -1.70. The van der Waals surface area contributed by atoms with E-state index in [4.69, 9.17) is 31.1 Å². The van der Waals surface area contributed by atoms with Gasteiger partial charge in [0.25, 0.3) is 0 Å². The van der Waals surface area contributed by atoms with E-state index in [1.165, 1.54) is 0 Å². The standard InChI is InChI=1S/C21H37N3O6/c1-3-9-27-11-13-29-15-16-30-14-12-28-10-4-21(26)24-7-5-23(6-8-24)18-19(2)17-20(22)25/h1,19H,4-18H2,2H3,(H2,22,25). The van der Waals surface area contributed by atoms with E-state index < -0.39 is 0 Å². The van der Waals surface area contributed by atoms with Crippen molar-refractivity contribution in [2.24, 2.45) is 11.7 Å². The van der Waals surface area contributed by atoms with Crippen molar-refractivity contribution in [3.05, 3.63) is 0 Å². The molecule has 1 saturated heterocycles. The molecule has 0 aliphatic carbocycles. The van der Waals surface area contributed by atoms with Crippen molar-refractivity contribution >= 4 is 11.8 Å². The maximum Gasteiger partial charge on any atom is 0.224 e. The summed E-state index contributed by atoms with van der Waals surface area (Å²) in [5.41, 5.74) is 5.24. The lowest BCUT2D eigenvalue weighted by Gasteiger charge is -2.35. The first-order valence-electron chi connectivity index (χ1n) is 10.6. The van der Waals surface area contributed by atoms with Crippen LogP contribution >= 0.6 is 0 Å². The lowest BCUT2D eigenvalue weighted by Crippen LogP contribution is -2.49. The van der Waals surface area contributed by atoms with Crippen LogP contribution in [0.5, 0.6) is 0 Å². The van der Waals surface area contributed by atoms with E-state index >= 15 is 0 Å². The van der Waals surface area contributed by atoms with Crippen LogP contribution in [0.1, 0.15) is 19.8 Å². The summed E-state index contributed by atoms with van der Waals surface area (Å²) >= 11 is 0. The van der Waals surface area contributed by atoms with E-state index in [0.717, 1.165) is 19.6 Å². The molecule has 1 aliphatic rings. The van der Waals surface area contributed by atoms with Gasteiger partial charge < -0.3 is 29.6 Å². The average molecular weight is 428 g/mol. The number of nitrogens with two attached hydrogens (primary N) is 1. The first kappa shape index (κ1) is 26.3. The van der Waals surface area contributed by atoms with Crippen LogP contribution in [0.4, 0.5) is 0 Å². The number of rotatable bonds is 17. The number of nitrogens with zero attached hydrogens (tertiary/aromatic N) is 2. The fraction of sp³-hybridized carbons (Fsp3) is 0.810. The molecule has 0 aromatic heterocycles. The van der Waals surface area contributed by atoms with Gasteiger partial charge in [0, 0.05) is 39.1 Å². The highest BCUT2D eigenvalue weighted by Gasteiger charge is 2.22. The molecule has 0 aromatic carbocycles. The zero-order chi connectivity index (χ0) is 22.0. The van der Waals surface area contributed by atoms with E-state index in [9.17, 15) is 9.59 Å². The van der Waals surface area contributed by atoms with Gasteiger partial charge in [-0.25, -0.2) is 0 Å². The largest absolute Gasteiger partial charge is 0.379 e. The average Bonchev–Trinajstić information content (AvgIpc) is 2.71. The van der Waals surface area contributed by atoms with Gasteiger partial charge in [0.15, 0.2) is 0 Å². The summed E-state index contributed by atoms with van der Waals surface area (Å²) in [5.74, 6) is 2.47. The summed E-state index contributed by atoms with van der Waals surface area (Å²) in [6.07, 6.45) is 5.83. The molecule has 172 valence electrons. The normalized spacial score (nSPS) is 15.7. The molecule has 1 unspecified atom stereocenters. The quantitative estimate of drug-likeness (QED) is 0.252. The third kappa shape index (κ3) is 13.5. The van der Waals surface area contributed by atoms with Crippen LogP contribution in [0.25, 0.3) is 0 Å². The Balaban J connectivity index is 1.93. The zero-order valence-corrected chi connectivity index (χ0v) is 18.2. The van der Waals surface area contributed by atoms with E-state index in [1.54, 1.807) is 0 Å². The zero-order valence-electron chi connectivity index (χ0n) is 18.2. The van der Waals surface area contributed by atoms with Gasteiger partial charge >= 0.3 is 0 Å². The molecule has 0 saturated carbocycles. The fourth-order valence-electron chi connectivity index (χ4n) is 3.14. The molecule has 1 rings (SSSR count). The smallest absolute Gasteiger partial charge is 0.224 e. The number of carbonyl (C=O) groups is 2. The van der Waals surface area contributed by atoms with Gasteiger partial charge in [0.2, 0.25) is 11.8 Å². The molecule has 1 atom stereocenters. The fourth-order valence-corrected chi connectivity index (χ4v) is 3.14. The second kappa shape index (κ2) is 17.0. The number of primary amides is 1. The molecule has 1 heterocycles. The Morgan fingerprint density at radius 3 is 2.00 bits per heavy atom. The van der Waals surface area contributed by atoms with Crippen molar-refractivity contribution in [1.29, 1.82) is 0 Å². The minimum absolute atomic E-state index is 0.112. The first-order chi connectivity index (χ1) is 14.5. The van der Waals surface area contributed by atoms with Crippen molar-refractivity contribution < 1.29 is 28.5 Å². The summed E-state index contributed by atoms with van der Waals surface area (Å²) in [5, 5.41) is 0. The van der Waals surface area contributed by atoms with Gasteiger partial charge in [0.1, 0.15) is 6.61 Å². The Bertz CT molecular complexity index is 517. The predicted molar refractivity (Wildman–Crippen MR) is 113 cm³/mol. The summed E-state index contributed by atoms with van der Waals surface area (Å²) in [7, 11) is 0. The summed E-state index contributed by atoms with van der Waals surface area (Å²) in [4.78, 5) is 27.4. The highest BCUT2D eigenvalue weighted by molar-refractivity contribution is 5.76. The lowest BCUT2D eigenvalue weighted by molar-refractivity contribution is -0.134. The van der Waals surface area contributed by atoms with E-state index in [1.807, 2.05) is 11.8 Å². The Labute approximate surface area is 180 Å². The first-order valence-corrected chi connectivity index (χ1v) is 10.6. The molecule has 0 spiro atoms. The maximum atomic E-state index is 12.3. The second-order valence-corrected chi connectivity index (χ2v) is 7.30.